The van der Waals surface area contributed by atoms with Crippen molar-refractivity contribution in [2.75, 3.05) is 7.05 Å². The van der Waals surface area contributed by atoms with Crippen LogP contribution in [0.1, 0.15) is 25.0 Å². The minimum Gasteiger partial charge on any atom is -0.260 e. The predicted molar refractivity (Wildman–Crippen MR) is 87.7 cm³/mol. The molecule has 0 aromatic heterocycles. The number of hydrogen-bond acceptors (Lipinski definition) is 2. The Balaban J connectivity index is 3.43. The average molecular weight is 456 g/mol. The predicted octanol–water partition coefficient (Wildman–Crippen LogP) is 7.02. The standard InChI is InChI=1S/C17H15ClF9NO/c1-9(15(19,20)21)5-10(2)28(4)29-14(3,17(25,26)27)11-6-12(16(22,23)24)8-13(18)7-11/h5-8H,1H2,2-4H3/b10-5+. The van der Waals surface area contributed by atoms with Gasteiger partial charge in [-0.25, -0.2) is 0 Å². The molecule has 0 aliphatic carbocycles. The second-order valence-corrected chi connectivity index (χ2v) is 6.59. The fourth-order valence-corrected chi connectivity index (χ4v) is 2.30. The van der Waals surface area contributed by atoms with Crippen molar-refractivity contribution in [2.24, 2.45) is 0 Å². The van der Waals surface area contributed by atoms with Crippen LogP contribution in [0.5, 0.6) is 0 Å². The fraction of sp³-hybridized carbons (Fsp3) is 0.412. The van der Waals surface area contributed by atoms with E-state index in [1.807, 2.05) is 0 Å². The van der Waals surface area contributed by atoms with E-state index < -0.39 is 51.5 Å². The molecule has 0 saturated heterocycles. The first-order valence-electron chi connectivity index (χ1n) is 7.61. The van der Waals surface area contributed by atoms with Crippen LogP contribution in [0.25, 0.3) is 0 Å². The maximum absolute atomic E-state index is 13.7. The highest BCUT2D eigenvalue weighted by Gasteiger charge is 2.56. The van der Waals surface area contributed by atoms with Crippen molar-refractivity contribution in [3.63, 3.8) is 0 Å². The Morgan fingerprint density at radius 2 is 1.48 bits per heavy atom. The van der Waals surface area contributed by atoms with Crippen LogP contribution >= 0.6 is 11.6 Å². The van der Waals surface area contributed by atoms with E-state index in [1.54, 1.807) is 0 Å². The van der Waals surface area contributed by atoms with Gasteiger partial charge in [-0.05, 0) is 43.7 Å². The van der Waals surface area contributed by atoms with E-state index in [0.717, 1.165) is 14.0 Å². The van der Waals surface area contributed by atoms with Gasteiger partial charge in [0, 0.05) is 17.8 Å². The van der Waals surface area contributed by atoms with Crippen molar-refractivity contribution < 1.29 is 44.4 Å². The first-order chi connectivity index (χ1) is 12.8. The van der Waals surface area contributed by atoms with E-state index >= 15 is 0 Å². The van der Waals surface area contributed by atoms with Crippen molar-refractivity contribution in [1.82, 2.24) is 5.06 Å². The Bertz CT molecular complexity index is 796. The van der Waals surface area contributed by atoms with Crippen LogP contribution < -0.4 is 0 Å². The molecule has 2 nitrogen and oxygen atoms in total. The number of alkyl halides is 9. The Labute approximate surface area is 165 Å². The van der Waals surface area contributed by atoms with Gasteiger partial charge in [0.15, 0.2) is 0 Å². The lowest BCUT2D eigenvalue weighted by atomic mass is 9.93. The molecule has 0 saturated carbocycles. The molecule has 1 rings (SSSR count). The number of hydrogen-bond donors (Lipinski definition) is 0. The molecule has 0 aliphatic heterocycles. The summed E-state index contributed by atoms with van der Waals surface area (Å²) in [5, 5.41) is -0.271. The van der Waals surface area contributed by atoms with Crippen LogP contribution in [0.2, 0.25) is 5.02 Å². The van der Waals surface area contributed by atoms with E-state index in [2.05, 4.69) is 6.58 Å². The lowest BCUT2D eigenvalue weighted by Gasteiger charge is -2.36. The number of hydroxylamine groups is 2. The molecule has 0 fully saturated rings. The summed E-state index contributed by atoms with van der Waals surface area (Å²) in [4.78, 5) is 4.79. The molecule has 0 heterocycles. The smallest absolute Gasteiger partial charge is 0.260 e. The van der Waals surface area contributed by atoms with Gasteiger partial charge in [0.1, 0.15) is 0 Å². The topological polar surface area (TPSA) is 12.5 Å². The second kappa shape index (κ2) is 8.10. The Morgan fingerprint density at radius 3 is 1.90 bits per heavy atom. The van der Waals surface area contributed by atoms with Gasteiger partial charge in [-0.1, -0.05) is 18.2 Å². The minimum atomic E-state index is -5.25. The summed E-state index contributed by atoms with van der Waals surface area (Å²) in [7, 11) is 0.870. The van der Waals surface area contributed by atoms with Gasteiger partial charge in [0.25, 0.3) is 0 Å². The lowest BCUT2D eigenvalue weighted by molar-refractivity contribution is -0.339. The van der Waals surface area contributed by atoms with Gasteiger partial charge in [-0.3, -0.25) is 9.90 Å². The van der Waals surface area contributed by atoms with Crippen molar-refractivity contribution in [3.8, 4) is 0 Å². The van der Waals surface area contributed by atoms with Crippen LogP contribution in [0, 0.1) is 0 Å². The number of halogens is 10. The van der Waals surface area contributed by atoms with Crippen LogP contribution in [0.4, 0.5) is 39.5 Å². The molecule has 164 valence electrons. The number of allylic oxidation sites excluding steroid dienone is 3. The molecule has 1 atom stereocenters. The largest absolute Gasteiger partial charge is 0.424 e. The van der Waals surface area contributed by atoms with Crippen molar-refractivity contribution in [1.29, 1.82) is 0 Å². The van der Waals surface area contributed by atoms with E-state index in [0.29, 0.717) is 30.2 Å². The molecule has 1 aromatic carbocycles. The summed E-state index contributed by atoms with van der Waals surface area (Å²) < 4.78 is 118. The summed E-state index contributed by atoms with van der Waals surface area (Å²) in [6.07, 6.45) is -14.6. The van der Waals surface area contributed by atoms with Crippen LogP contribution in [-0.4, -0.2) is 24.5 Å². The molecule has 0 amide bonds. The SMILES string of the molecule is C=C(/C=C(\C)N(C)OC(C)(c1cc(Cl)cc(C(F)(F)F)c1)C(F)(F)F)C(F)(F)F. The van der Waals surface area contributed by atoms with E-state index in [-0.39, 0.29) is 6.07 Å². The molecule has 1 unspecified atom stereocenters. The Hall–Kier alpha value is -1.88. The molecule has 0 bridgehead atoms. The first kappa shape index (κ1) is 25.2. The van der Waals surface area contributed by atoms with E-state index in [9.17, 15) is 39.5 Å². The molecule has 12 heteroatoms. The number of rotatable bonds is 5. The second-order valence-electron chi connectivity index (χ2n) is 6.15. The quantitative estimate of drug-likeness (QED) is 0.269. The molecular weight excluding hydrogens is 441 g/mol. The third-order valence-electron chi connectivity index (χ3n) is 3.88. The van der Waals surface area contributed by atoms with Gasteiger partial charge in [-0.15, -0.1) is 0 Å². The zero-order valence-electron chi connectivity index (χ0n) is 15.2. The summed E-state index contributed by atoms with van der Waals surface area (Å²) in [5.41, 5.74) is -7.58. The van der Waals surface area contributed by atoms with Crippen LogP contribution in [0.3, 0.4) is 0 Å². The summed E-state index contributed by atoms with van der Waals surface area (Å²) in [5.74, 6) is 0. The van der Waals surface area contributed by atoms with Gasteiger partial charge >= 0.3 is 18.5 Å². The molecule has 0 N–H and O–H groups in total. The monoisotopic (exact) mass is 455 g/mol. The third-order valence-corrected chi connectivity index (χ3v) is 4.10. The Kier molecular flexibility index (Phi) is 7.02. The molecule has 0 spiro atoms. The normalized spacial score (nSPS) is 15.8. The first-order valence-corrected chi connectivity index (χ1v) is 7.99. The molecule has 0 aliphatic rings. The Morgan fingerprint density at radius 1 is 1.00 bits per heavy atom. The maximum atomic E-state index is 13.7. The maximum Gasteiger partial charge on any atom is 0.424 e. The fourth-order valence-electron chi connectivity index (χ4n) is 2.07. The van der Waals surface area contributed by atoms with Gasteiger partial charge in [-0.2, -0.15) is 39.5 Å². The van der Waals surface area contributed by atoms with Crippen molar-refractivity contribution >= 4 is 11.6 Å². The van der Waals surface area contributed by atoms with Crippen LogP contribution in [-0.2, 0) is 16.6 Å². The highest BCUT2D eigenvalue weighted by Crippen LogP contribution is 2.45. The lowest BCUT2D eigenvalue weighted by Crippen LogP contribution is -2.46. The third kappa shape index (κ3) is 6.05. The van der Waals surface area contributed by atoms with Gasteiger partial charge in [0.05, 0.1) is 11.1 Å². The summed E-state index contributed by atoms with van der Waals surface area (Å²) in [6, 6.07) is 1.27. The van der Waals surface area contributed by atoms with Crippen molar-refractivity contribution in [2.45, 2.75) is 38.0 Å². The van der Waals surface area contributed by atoms with Gasteiger partial charge < -0.3 is 0 Å². The molecular formula is C17H15ClF9NO. The zero-order valence-corrected chi connectivity index (χ0v) is 15.9. The highest BCUT2D eigenvalue weighted by atomic mass is 35.5. The van der Waals surface area contributed by atoms with E-state index in [1.165, 1.54) is 0 Å². The summed E-state index contributed by atoms with van der Waals surface area (Å²) in [6.45, 7) is 4.19. The zero-order chi connectivity index (χ0) is 23.0. The van der Waals surface area contributed by atoms with Gasteiger partial charge in [0.2, 0.25) is 5.60 Å². The number of benzene rings is 1. The van der Waals surface area contributed by atoms with Crippen LogP contribution in [0.15, 0.2) is 42.1 Å². The molecule has 0 radical (unpaired) electrons. The number of nitrogens with zero attached hydrogens (tertiary/aromatic N) is 1. The summed E-state index contributed by atoms with van der Waals surface area (Å²) >= 11 is 5.55. The highest BCUT2D eigenvalue weighted by molar-refractivity contribution is 6.30. The van der Waals surface area contributed by atoms with Crippen molar-refractivity contribution in [3.05, 3.63) is 58.3 Å². The molecule has 1 aromatic rings. The van der Waals surface area contributed by atoms with E-state index in [4.69, 9.17) is 16.4 Å². The molecule has 29 heavy (non-hydrogen) atoms. The minimum absolute atomic E-state index is 0.209. The average Bonchev–Trinajstić information content (AvgIpc) is 2.51.